The molecule has 7 heteroatoms. The van der Waals surface area contributed by atoms with Gasteiger partial charge in [0, 0.05) is 36.6 Å². The average molecular weight is 389 g/mol. The van der Waals surface area contributed by atoms with Crippen molar-refractivity contribution in [2.24, 2.45) is 7.05 Å². The molecular formula is C22H20FN5O. The Labute approximate surface area is 167 Å². The van der Waals surface area contributed by atoms with E-state index in [1.807, 2.05) is 43.5 Å². The maximum absolute atomic E-state index is 13.4. The molecule has 0 saturated carbocycles. The van der Waals surface area contributed by atoms with E-state index in [9.17, 15) is 9.18 Å². The highest BCUT2D eigenvalue weighted by molar-refractivity contribution is 5.95. The minimum atomic E-state index is -0.307. The third-order valence-electron chi connectivity index (χ3n) is 4.85. The Balaban J connectivity index is 1.65. The van der Waals surface area contributed by atoms with Crippen molar-refractivity contribution in [3.8, 4) is 16.9 Å². The predicted molar refractivity (Wildman–Crippen MR) is 108 cm³/mol. The number of nitrogens with zero attached hydrogens (tertiary/aromatic N) is 4. The van der Waals surface area contributed by atoms with Gasteiger partial charge in [-0.3, -0.25) is 9.48 Å². The summed E-state index contributed by atoms with van der Waals surface area (Å²) in [6.45, 7) is 2.13. The smallest absolute Gasteiger partial charge is 0.255 e. The number of amides is 1. The molecule has 1 amide bonds. The molecule has 2 aromatic heterocycles. The largest absolute Gasteiger partial charge is 0.348 e. The van der Waals surface area contributed by atoms with Crippen LogP contribution in [-0.4, -0.2) is 25.5 Å². The molecule has 0 bridgehead atoms. The molecule has 1 N–H and O–H groups in total. The Morgan fingerprint density at radius 1 is 1.10 bits per heavy atom. The first-order valence-electron chi connectivity index (χ1n) is 9.19. The van der Waals surface area contributed by atoms with Gasteiger partial charge in [-0.05, 0) is 43.3 Å². The van der Waals surface area contributed by atoms with Gasteiger partial charge in [-0.25, -0.2) is 9.07 Å². The number of benzene rings is 2. The predicted octanol–water partition coefficient (Wildman–Crippen LogP) is 3.65. The molecule has 2 heterocycles. The monoisotopic (exact) mass is 389 g/mol. The van der Waals surface area contributed by atoms with Gasteiger partial charge < -0.3 is 5.32 Å². The van der Waals surface area contributed by atoms with E-state index in [0.29, 0.717) is 11.3 Å². The Morgan fingerprint density at radius 3 is 2.48 bits per heavy atom. The van der Waals surface area contributed by atoms with Crippen molar-refractivity contribution in [1.29, 1.82) is 0 Å². The number of hydrogen-bond donors (Lipinski definition) is 1. The maximum Gasteiger partial charge on any atom is 0.255 e. The molecule has 0 radical (unpaired) electrons. The summed E-state index contributed by atoms with van der Waals surface area (Å²) in [7, 11) is 1.79. The summed E-state index contributed by atoms with van der Waals surface area (Å²) in [5.74, 6) is -0.508. The van der Waals surface area contributed by atoms with Crippen molar-refractivity contribution in [3.05, 3.63) is 89.6 Å². The van der Waals surface area contributed by atoms with Crippen LogP contribution in [0.25, 0.3) is 16.9 Å². The van der Waals surface area contributed by atoms with Crippen LogP contribution in [-0.2, 0) is 13.6 Å². The Hall–Kier alpha value is -3.74. The molecule has 0 spiro atoms. The van der Waals surface area contributed by atoms with Crippen LogP contribution in [0.15, 0.2) is 67.0 Å². The molecule has 29 heavy (non-hydrogen) atoms. The lowest BCUT2D eigenvalue weighted by Gasteiger charge is -2.05. The summed E-state index contributed by atoms with van der Waals surface area (Å²) >= 11 is 0. The third kappa shape index (κ3) is 3.80. The molecule has 6 nitrogen and oxygen atoms in total. The van der Waals surface area contributed by atoms with Crippen molar-refractivity contribution in [2.75, 3.05) is 0 Å². The maximum atomic E-state index is 13.4. The Morgan fingerprint density at radius 2 is 1.83 bits per heavy atom. The van der Waals surface area contributed by atoms with E-state index in [4.69, 9.17) is 0 Å². The fraction of sp³-hybridized carbons (Fsp3) is 0.136. The fourth-order valence-electron chi connectivity index (χ4n) is 3.10. The number of rotatable bonds is 5. The van der Waals surface area contributed by atoms with Crippen LogP contribution in [0, 0.1) is 12.7 Å². The molecular weight excluding hydrogens is 369 g/mol. The lowest BCUT2D eigenvalue weighted by atomic mass is 10.1. The van der Waals surface area contributed by atoms with E-state index in [-0.39, 0.29) is 18.3 Å². The molecule has 146 valence electrons. The second-order valence-corrected chi connectivity index (χ2v) is 6.74. The van der Waals surface area contributed by atoms with Crippen LogP contribution in [0.3, 0.4) is 0 Å². The van der Waals surface area contributed by atoms with Crippen molar-refractivity contribution in [3.63, 3.8) is 0 Å². The molecule has 0 aliphatic heterocycles. The second kappa shape index (κ2) is 7.71. The molecule has 0 atom stereocenters. The van der Waals surface area contributed by atoms with Crippen molar-refractivity contribution < 1.29 is 9.18 Å². The van der Waals surface area contributed by atoms with Crippen molar-refractivity contribution in [2.45, 2.75) is 13.5 Å². The minimum absolute atomic E-state index is 0.201. The van der Waals surface area contributed by atoms with Crippen LogP contribution < -0.4 is 5.32 Å². The number of halogens is 1. The van der Waals surface area contributed by atoms with Gasteiger partial charge in [0.15, 0.2) is 0 Å². The lowest BCUT2D eigenvalue weighted by Crippen LogP contribution is -2.23. The first kappa shape index (κ1) is 18.6. The first-order chi connectivity index (χ1) is 14.0. The van der Waals surface area contributed by atoms with Crippen LogP contribution in [0.2, 0.25) is 0 Å². The summed E-state index contributed by atoms with van der Waals surface area (Å²) in [4.78, 5) is 12.6. The number of carbonyl (C=O) groups is 1. The summed E-state index contributed by atoms with van der Waals surface area (Å²) in [6.07, 6.45) is 3.43. The van der Waals surface area contributed by atoms with E-state index >= 15 is 0 Å². The van der Waals surface area contributed by atoms with E-state index in [2.05, 4.69) is 15.5 Å². The number of aryl methyl sites for hydroxylation is 1. The first-order valence-corrected chi connectivity index (χ1v) is 9.19. The molecule has 0 aliphatic carbocycles. The quantitative estimate of drug-likeness (QED) is 0.567. The normalized spacial score (nSPS) is 10.9. The molecule has 0 saturated heterocycles. The number of hydrogen-bond acceptors (Lipinski definition) is 3. The van der Waals surface area contributed by atoms with Gasteiger partial charge in [0.25, 0.3) is 5.91 Å². The minimum Gasteiger partial charge on any atom is -0.348 e. The number of para-hydroxylation sites is 1. The van der Waals surface area contributed by atoms with Gasteiger partial charge in [0.1, 0.15) is 5.82 Å². The van der Waals surface area contributed by atoms with Gasteiger partial charge >= 0.3 is 0 Å². The highest BCUT2D eigenvalue weighted by Gasteiger charge is 2.16. The summed E-state index contributed by atoms with van der Waals surface area (Å²) < 4.78 is 16.8. The summed E-state index contributed by atoms with van der Waals surface area (Å²) in [5.41, 5.74) is 4.53. The molecule has 4 rings (SSSR count). The zero-order chi connectivity index (χ0) is 20.4. The fourth-order valence-corrected chi connectivity index (χ4v) is 3.10. The van der Waals surface area contributed by atoms with Crippen molar-refractivity contribution in [1.82, 2.24) is 24.9 Å². The number of aromatic nitrogens is 4. The van der Waals surface area contributed by atoms with E-state index in [0.717, 1.165) is 22.5 Å². The van der Waals surface area contributed by atoms with E-state index < -0.39 is 0 Å². The Bertz CT molecular complexity index is 1150. The lowest BCUT2D eigenvalue weighted by molar-refractivity contribution is 0.0950. The molecule has 2 aromatic carbocycles. The standard InChI is InChI=1S/C22H20FN5O/c1-15-20(13-25-27(15)2)22(29)24-12-17-14-28(19-6-4-3-5-7-19)26-21(17)16-8-10-18(23)11-9-16/h3-11,13-14H,12H2,1-2H3,(H,24,29). The zero-order valence-electron chi connectivity index (χ0n) is 16.1. The van der Waals surface area contributed by atoms with Gasteiger partial charge in [-0.1, -0.05) is 18.2 Å². The van der Waals surface area contributed by atoms with Gasteiger partial charge in [-0.2, -0.15) is 10.2 Å². The van der Waals surface area contributed by atoms with Crippen molar-refractivity contribution >= 4 is 5.91 Å². The van der Waals surface area contributed by atoms with Crippen LogP contribution >= 0.6 is 0 Å². The van der Waals surface area contributed by atoms with Crippen LogP contribution in [0.4, 0.5) is 4.39 Å². The van der Waals surface area contributed by atoms with E-state index in [1.165, 1.54) is 12.1 Å². The highest BCUT2D eigenvalue weighted by atomic mass is 19.1. The number of nitrogens with one attached hydrogen (secondary N) is 1. The SMILES string of the molecule is Cc1c(C(=O)NCc2cn(-c3ccccc3)nc2-c2ccc(F)cc2)cnn1C. The van der Waals surface area contributed by atoms with Crippen LogP contribution in [0.1, 0.15) is 21.6 Å². The highest BCUT2D eigenvalue weighted by Crippen LogP contribution is 2.24. The van der Waals surface area contributed by atoms with E-state index in [1.54, 1.807) is 34.7 Å². The summed E-state index contributed by atoms with van der Waals surface area (Å²) in [5, 5.41) is 11.7. The second-order valence-electron chi connectivity index (χ2n) is 6.74. The van der Waals surface area contributed by atoms with Gasteiger partial charge in [-0.15, -0.1) is 0 Å². The Kier molecular flexibility index (Phi) is 4.95. The summed E-state index contributed by atoms with van der Waals surface area (Å²) in [6, 6.07) is 15.9. The molecule has 4 aromatic rings. The average Bonchev–Trinajstić information content (AvgIpc) is 3.31. The van der Waals surface area contributed by atoms with Gasteiger partial charge in [0.05, 0.1) is 23.1 Å². The molecule has 0 aliphatic rings. The van der Waals surface area contributed by atoms with Gasteiger partial charge in [0.2, 0.25) is 0 Å². The zero-order valence-corrected chi connectivity index (χ0v) is 16.1. The third-order valence-corrected chi connectivity index (χ3v) is 4.85. The van der Waals surface area contributed by atoms with Crippen LogP contribution in [0.5, 0.6) is 0 Å². The molecule has 0 fully saturated rings. The number of carbonyl (C=O) groups excluding carboxylic acids is 1. The topological polar surface area (TPSA) is 64.7 Å². The molecule has 0 unspecified atom stereocenters.